The molecule has 0 spiro atoms. The van der Waals surface area contributed by atoms with Crippen molar-refractivity contribution >= 4 is 5.78 Å². The molecule has 1 heterocycles. The van der Waals surface area contributed by atoms with Gasteiger partial charge in [-0.1, -0.05) is 32.6 Å². The third kappa shape index (κ3) is 2.79. The van der Waals surface area contributed by atoms with E-state index < -0.39 is 0 Å². The lowest BCUT2D eigenvalue weighted by atomic mass is 9.76. The monoisotopic (exact) mass is 251 g/mol. The minimum Gasteiger partial charge on any atom is -0.297 e. The lowest BCUT2D eigenvalue weighted by Crippen LogP contribution is -2.56. The van der Waals surface area contributed by atoms with Gasteiger partial charge in [0, 0.05) is 5.92 Å². The van der Waals surface area contributed by atoms with Crippen molar-refractivity contribution in [3.05, 3.63) is 0 Å². The zero-order chi connectivity index (χ0) is 13.0. The Morgan fingerprint density at radius 3 is 2.17 bits per heavy atom. The summed E-state index contributed by atoms with van der Waals surface area (Å²) in [6, 6.07) is 0. The van der Waals surface area contributed by atoms with E-state index in [1.807, 2.05) is 0 Å². The number of likely N-dealkylation sites (tertiary alicyclic amines) is 1. The van der Waals surface area contributed by atoms with Crippen LogP contribution in [0.25, 0.3) is 0 Å². The van der Waals surface area contributed by atoms with Gasteiger partial charge in [0.05, 0.1) is 5.54 Å². The Bertz CT molecular complexity index is 277. The van der Waals surface area contributed by atoms with E-state index in [2.05, 4.69) is 18.7 Å². The second-order valence-corrected chi connectivity index (χ2v) is 6.37. The molecule has 1 saturated heterocycles. The van der Waals surface area contributed by atoms with Crippen molar-refractivity contribution in [2.24, 2.45) is 5.92 Å². The molecule has 0 aromatic heterocycles. The van der Waals surface area contributed by atoms with Gasteiger partial charge in [-0.3, -0.25) is 9.69 Å². The number of carbonyl (C=O) groups excluding carboxylic acids is 1. The highest BCUT2D eigenvalue weighted by Crippen LogP contribution is 2.33. The molecule has 1 aliphatic carbocycles. The van der Waals surface area contributed by atoms with Crippen molar-refractivity contribution in [1.29, 1.82) is 0 Å². The summed E-state index contributed by atoms with van der Waals surface area (Å²) in [5, 5.41) is 0. The Morgan fingerprint density at radius 2 is 1.61 bits per heavy atom. The molecule has 2 aliphatic rings. The van der Waals surface area contributed by atoms with Crippen LogP contribution in [0.3, 0.4) is 0 Å². The Morgan fingerprint density at radius 1 is 1.06 bits per heavy atom. The second kappa shape index (κ2) is 6.18. The Kier molecular flexibility index (Phi) is 4.83. The number of rotatable bonds is 4. The van der Waals surface area contributed by atoms with Gasteiger partial charge in [-0.15, -0.1) is 0 Å². The summed E-state index contributed by atoms with van der Waals surface area (Å²) in [5.74, 6) is 0.900. The zero-order valence-electron chi connectivity index (χ0n) is 12.2. The number of piperidine rings is 1. The van der Waals surface area contributed by atoms with Gasteiger partial charge in [0.1, 0.15) is 0 Å². The van der Waals surface area contributed by atoms with E-state index in [9.17, 15) is 4.79 Å². The first kappa shape index (κ1) is 14.0. The highest BCUT2D eigenvalue weighted by molar-refractivity contribution is 5.90. The molecule has 0 aromatic rings. The van der Waals surface area contributed by atoms with Gasteiger partial charge in [0.25, 0.3) is 0 Å². The maximum absolute atomic E-state index is 12.9. The first-order valence-electron chi connectivity index (χ1n) is 7.98. The molecule has 0 radical (unpaired) electrons. The normalized spacial score (nSPS) is 26.8. The molecule has 2 heteroatoms. The fourth-order valence-electron chi connectivity index (χ4n) is 3.75. The number of carbonyl (C=O) groups is 1. The van der Waals surface area contributed by atoms with Crippen molar-refractivity contribution in [3.8, 4) is 0 Å². The van der Waals surface area contributed by atoms with Gasteiger partial charge in [0.15, 0.2) is 5.78 Å². The van der Waals surface area contributed by atoms with Crippen LogP contribution in [0.15, 0.2) is 0 Å². The van der Waals surface area contributed by atoms with Crippen LogP contribution in [-0.4, -0.2) is 29.3 Å². The minimum absolute atomic E-state index is 0.178. The molecule has 104 valence electrons. The van der Waals surface area contributed by atoms with Gasteiger partial charge in [-0.25, -0.2) is 0 Å². The van der Waals surface area contributed by atoms with Crippen LogP contribution in [0.5, 0.6) is 0 Å². The smallest absolute Gasteiger partial charge is 0.155 e. The third-order valence-corrected chi connectivity index (χ3v) is 5.25. The highest BCUT2D eigenvalue weighted by Gasteiger charge is 2.41. The molecule has 18 heavy (non-hydrogen) atoms. The molecular formula is C16H29NO. The van der Waals surface area contributed by atoms with Crippen molar-refractivity contribution in [2.75, 3.05) is 13.1 Å². The summed E-state index contributed by atoms with van der Waals surface area (Å²) < 4.78 is 0. The standard InChI is InChI=1S/C16H29NO/c1-3-16(2,17-12-8-5-9-13-17)15(18)14-10-6-4-7-11-14/h14H,3-13H2,1-2H3. The molecular weight excluding hydrogens is 222 g/mol. The average molecular weight is 251 g/mol. The van der Waals surface area contributed by atoms with Gasteiger partial charge in [-0.2, -0.15) is 0 Å². The minimum atomic E-state index is -0.178. The molecule has 2 fully saturated rings. The zero-order valence-corrected chi connectivity index (χ0v) is 12.2. The highest BCUT2D eigenvalue weighted by atomic mass is 16.1. The number of nitrogens with zero attached hydrogens (tertiary/aromatic N) is 1. The van der Waals surface area contributed by atoms with E-state index in [1.54, 1.807) is 0 Å². The van der Waals surface area contributed by atoms with Gasteiger partial charge >= 0.3 is 0 Å². The fourth-order valence-corrected chi connectivity index (χ4v) is 3.75. The van der Waals surface area contributed by atoms with Crippen LogP contribution in [-0.2, 0) is 4.79 Å². The maximum Gasteiger partial charge on any atom is 0.155 e. The van der Waals surface area contributed by atoms with E-state index in [1.165, 1.54) is 38.5 Å². The largest absolute Gasteiger partial charge is 0.297 e. The molecule has 1 atom stereocenters. The second-order valence-electron chi connectivity index (χ2n) is 6.37. The van der Waals surface area contributed by atoms with Gasteiger partial charge in [0.2, 0.25) is 0 Å². The molecule has 0 N–H and O–H groups in total. The lowest BCUT2D eigenvalue weighted by molar-refractivity contribution is -0.136. The quantitative estimate of drug-likeness (QED) is 0.757. The summed E-state index contributed by atoms with van der Waals surface area (Å²) in [6.45, 7) is 6.65. The SMILES string of the molecule is CCC(C)(C(=O)C1CCCCC1)N1CCCCC1. The molecule has 0 aromatic carbocycles. The van der Waals surface area contributed by atoms with Gasteiger partial charge < -0.3 is 0 Å². The van der Waals surface area contributed by atoms with Crippen molar-refractivity contribution < 1.29 is 4.79 Å². The summed E-state index contributed by atoms with van der Waals surface area (Å²) in [5.41, 5.74) is -0.178. The van der Waals surface area contributed by atoms with E-state index in [0.29, 0.717) is 11.7 Å². The van der Waals surface area contributed by atoms with E-state index in [4.69, 9.17) is 0 Å². The number of ketones is 1. The Balaban J connectivity index is 2.06. The summed E-state index contributed by atoms with van der Waals surface area (Å²) in [6.07, 6.45) is 11.0. The maximum atomic E-state index is 12.9. The van der Waals surface area contributed by atoms with Crippen molar-refractivity contribution in [3.63, 3.8) is 0 Å². The van der Waals surface area contributed by atoms with Crippen LogP contribution in [0.4, 0.5) is 0 Å². The Hall–Kier alpha value is -0.370. The first-order chi connectivity index (χ1) is 8.68. The first-order valence-corrected chi connectivity index (χ1v) is 7.98. The third-order valence-electron chi connectivity index (χ3n) is 5.25. The topological polar surface area (TPSA) is 20.3 Å². The number of Topliss-reactive ketones (excluding diaryl/α,β-unsaturated/α-hetero) is 1. The summed E-state index contributed by atoms with van der Waals surface area (Å²) in [7, 11) is 0. The average Bonchev–Trinajstić information content (AvgIpc) is 2.47. The lowest BCUT2D eigenvalue weighted by Gasteiger charge is -2.44. The van der Waals surface area contributed by atoms with Crippen LogP contribution >= 0.6 is 0 Å². The van der Waals surface area contributed by atoms with Crippen LogP contribution in [0.1, 0.15) is 71.6 Å². The van der Waals surface area contributed by atoms with E-state index in [-0.39, 0.29) is 5.54 Å². The van der Waals surface area contributed by atoms with E-state index in [0.717, 1.165) is 32.4 Å². The summed E-state index contributed by atoms with van der Waals surface area (Å²) >= 11 is 0. The predicted octanol–water partition coefficient (Wildman–Crippen LogP) is 3.79. The molecule has 2 nitrogen and oxygen atoms in total. The molecule has 0 amide bonds. The fraction of sp³-hybridized carbons (Fsp3) is 0.938. The number of hydrogen-bond donors (Lipinski definition) is 0. The van der Waals surface area contributed by atoms with E-state index >= 15 is 0 Å². The van der Waals surface area contributed by atoms with Crippen LogP contribution < -0.4 is 0 Å². The van der Waals surface area contributed by atoms with Crippen LogP contribution in [0, 0.1) is 5.92 Å². The molecule has 1 aliphatic heterocycles. The molecule has 0 bridgehead atoms. The predicted molar refractivity (Wildman–Crippen MR) is 75.7 cm³/mol. The molecule has 1 saturated carbocycles. The van der Waals surface area contributed by atoms with Crippen molar-refractivity contribution in [2.45, 2.75) is 77.2 Å². The molecule has 2 rings (SSSR count). The number of hydrogen-bond acceptors (Lipinski definition) is 2. The molecule has 1 unspecified atom stereocenters. The Labute approximate surface area is 112 Å². The summed E-state index contributed by atoms with van der Waals surface area (Å²) in [4.78, 5) is 15.4. The van der Waals surface area contributed by atoms with Gasteiger partial charge in [-0.05, 0) is 52.1 Å². The van der Waals surface area contributed by atoms with Crippen LogP contribution in [0.2, 0.25) is 0 Å². The van der Waals surface area contributed by atoms with Crippen molar-refractivity contribution in [1.82, 2.24) is 4.90 Å².